The van der Waals surface area contributed by atoms with Gasteiger partial charge in [0, 0.05) is 23.1 Å². The Labute approximate surface area is 118 Å². The smallest absolute Gasteiger partial charge is 0.336 e. The van der Waals surface area contributed by atoms with Gasteiger partial charge in [-0.2, -0.15) is 0 Å². The first-order valence-electron chi connectivity index (χ1n) is 7.20. The molecule has 1 aliphatic heterocycles. The summed E-state index contributed by atoms with van der Waals surface area (Å²) in [6.45, 7) is 3.28. The lowest BCUT2D eigenvalue weighted by Gasteiger charge is -2.23. The van der Waals surface area contributed by atoms with Crippen molar-refractivity contribution < 1.29 is 14.1 Å². The zero-order valence-electron chi connectivity index (χ0n) is 11.8. The van der Waals surface area contributed by atoms with Crippen LogP contribution in [0.15, 0.2) is 33.5 Å². The first kappa shape index (κ1) is 13.2. The summed E-state index contributed by atoms with van der Waals surface area (Å²) in [5.74, 6) is 0.711. The van der Waals surface area contributed by atoms with Crippen LogP contribution in [-0.4, -0.2) is 20.2 Å². The van der Waals surface area contributed by atoms with Crippen LogP contribution in [0, 0.1) is 0 Å². The normalized spacial score (nSPS) is 16.4. The lowest BCUT2D eigenvalue weighted by Crippen LogP contribution is -3.11. The van der Waals surface area contributed by atoms with Gasteiger partial charge in [-0.15, -0.1) is 0 Å². The van der Waals surface area contributed by atoms with E-state index in [1.165, 1.54) is 32.4 Å². The van der Waals surface area contributed by atoms with Gasteiger partial charge in [0.15, 0.2) is 0 Å². The summed E-state index contributed by atoms with van der Waals surface area (Å²) in [5.41, 5.74) is 1.41. The number of nitrogens with one attached hydrogen (secondary N) is 1. The Morgan fingerprint density at radius 2 is 2.00 bits per heavy atom. The van der Waals surface area contributed by atoms with Crippen molar-refractivity contribution in [3.05, 3.63) is 40.2 Å². The number of hydrogen-bond acceptors (Lipinski definition) is 3. The summed E-state index contributed by atoms with van der Waals surface area (Å²) in [6, 6.07) is 7.31. The largest absolute Gasteiger partial charge is 0.497 e. The minimum atomic E-state index is -0.280. The molecule has 1 aromatic heterocycles. The minimum absolute atomic E-state index is 0.280. The fourth-order valence-corrected chi connectivity index (χ4v) is 2.98. The Balaban J connectivity index is 1.98. The molecule has 1 fully saturated rings. The fraction of sp³-hybridized carbons (Fsp3) is 0.438. The summed E-state index contributed by atoms with van der Waals surface area (Å²) < 4.78 is 10.5. The maximum Gasteiger partial charge on any atom is 0.336 e. The third kappa shape index (κ3) is 2.70. The predicted molar refractivity (Wildman–Crippen MR) is 77.3 cm³/mol. The Kier molecular flexibility index (Phi) is 3.74. The zero-order chi connectivity index (χ0) is 13.9. The fourth-order valence-electron chi connectivity index (χ4n) is 2.98. The van der Waals surface area contributed by atoms with Gasteiger partial charge in [-0.25, -0.2) is 4.79 Å². The summed E-state index contributed by atoms with van der Waals surface area (Å²) in [5, 5.41) is 1.02. The van der Waals surface area contributed by atoms with Gasteiger partial charge in [0.05, 0.1) is 20.2 Å². The van der Waals surface area contributed by atoms with Gasteiger partial charge >= 0.3 is 5.63 Å². The van der Waals surface area contributed by atoms with E-state index >= 15 is 0 Å². The number of benzene rings is 1. The molecule has 4 heteroatoms. The van der Waals surface area contributed by atoms with Crippen LogP contribution in [0.25, 0.3) is 11.0 Å². The molecule has 2 aromatic rings. The second-order valence-corrected chi connectivity index (χ2v) is 5.44. The third-order valence-corrected chi connectivity index (χ3v) is 4.04. The van der Waals surface area contributed by atoms with Gasteiger partial charge in [0.1, 0.15) is 17.9 Å². The SMILES string of the molecule is COc1ccc2c(C[NH+]3CCCCC3)cc(=O)oc2c1. The molecule has 2 heterocycles. The number of piperidine rings is 1. The maximum atomic E-state index is 11.7. The van der Waals surface area contributed by atoms with Gasteiger partial charge in [-0.1, -0.05) is 0 Å². The molecule has 0 spiro atoms. The predicted octanol–water partition coefficient (Wildman–Crippen LogP) is 1.37. The van der Waals surface area contributed by atoms with Crippen molar-refractivity contribution in [1.82, 2.24) is 0 Å². The van der Waals surface area contributed by atoms with Crippen molar-refractivity contribution in [1.29, 1.82) is 0 Å². The monoisotopic (exact) mass is 274 g/mol. The molecule has 1 aliphatic rings. The van der Waals surface area contributed by atoms with Crippen molar-refractivity contribution in [2.24, 2.45) is 0 Å². The van der Waals surface area contributed by atoms with Gasteiger partial charge in [-0.3, -0.25) is 0 Å². The molecule has 0 aliphatic carbocycles. The number of hydrogen-bond donors (Lipinski definition) is 1. The average molecular weight is 274 g/mol. The summed E-state index contributed by atoms with van der Waals surface area (Å²) in [7, 11) is 1.61. The lowest BCUT2D eigenvalue weighted by atomic mass is 10.1. The molecule has 1 aromatic carbocycles. The van der Waals surface area contributed by atoms with E-state index in [-0.39, 0.29) is 5.63 Å². The van der Waals surface area contributed by atoms with Crippen molar-refractivity contribution >= 4 is 11.0 Å². The molecule has 0 unspecified atom stereocenters. The van der Waals surface area contributed by atoms with Crippen LogP contribution in [0.3, 0.4) is 0 Å². The van der Waals surface area contributed by atoms with Crippen molar-refractivity contribution in [2.75, 3.05) is 20.2 Å². The van der Waals surface area contributed by atoms with E-state index in [4.69, 9.17) is 9.15 Å². The molecule has 0 atom stereocenters. The Hall–Kier alpha value is -1.81. The highest BCUT2D eigenvalue weighted by molar-refractivity contribution is 5.81. The highest BCUT2D eigenvalue weighted by Crippen LogP contribution is 2.22. The van der Waals surface area contributed by atoms with Gasteiger partial charge in [0.2, 0.25) is 0 Å². The van der Waals surface area contributed by atoms with Crippen LogP contribution in [0.4, 0.5) is 0 Å². The average Bonchev–Trinajstić information content (AvgIpc) is 2.47. The topological polar surface area (TPSA) is 43.9 Å². The molecule has 4 nitrogen and oxygen atoms in total. The van der Waals surface area contributed by atoms with E-state index in [1.807, 2.05) is 12.1 Å². The van der Waals surface area contributed by atoms with Gasteiger partial charge < -0.3 is 14.1 Å². The molecule has 0 amide bonds. The Bertz CT molecular complexity index is 656. The van der Waals surface area contributed by atoms with Crippen molar-refractivity contribution in [3.63, 3.8) is 0 Å². The zero-order valence-corrected chi connectivity index (χ0v) is 11.8. The van der Waals surface area contributed by atoms with Crippen LogP contribution in [-0.2, 0) is 6.54 Å². The molecule has 0 radical (unpaired) electrons. The van der Waals surface area contributed by atoms with Gasteiger partial charge in [-0.05, 0) is 31.4 Å². The minimum Gasteiger partial charge on any atom is -0.497 e. The van der Waals surface area contributed by atoms with E-state index in [0.29, 0.717) is 11.3 Å². The molecule has 20 heavy (non-hydrogen) atoms. The highest BCUT2D eigenvalue weighted by Gasteiger charge is 2.16. The quantitative estimate of drug-likeness (QED) is 0.860. The lowest BCUT2D eigenvalue weighted by molar-refractivity contribution is -0.918. The number of methoxy groups -OCH3 is 1. The third-order valence-electron chi connectivity index (χ3n) is 4.04. The molecule has 0 saturated carbocycles. The van der Waals surface area contributed by atoms with Crippen LogP contribution < -0.4 is 15.3 Å². The van der Waals surface area contributed by atoms with Crippen LogP contribution >= 0.6 is 0 Å². The number of ether oxygens (including phenoxy) is 1. The van der Waals surface area contributed by atoms with Crippen LogP contribution in [0.5, 0.6) is 5.75 Å². The maximum absolute atomic E-state index is 11.7. The molecular weight excluding hydrogens is 254 g/mol. The van der Waals surface area contributed by atoms with Crippen molar-refractivity contribution in [3.8, 4) is 5.75 Å². The molecular formula is C16H20NO3+. The molecule has 3 rings (SSSR count). The Morgan fingerprint density at radius 3 is 2.75 bits per heavy atom. The first-order chi connectivity index (χ1) is 9.76. The molecule has 0 bridgehead atoms. The van der Waals surface area contributed by atoms with Crippen molar-refractivity contribution in [2.45, 2.75) is 25.8 Å². The van der Waals surface area contributed by atoms with E-state index < -0.39 is 0 Å². The molecule has 1 N–H and O–H groups in total. The van der Waals surface area contributed by atoms with Gasteiger partial charge in [0.25, 0.3) is 0 Å². The molecule has 1 saturated heterocycles. The number of rotatable bonds is 3. The van der Waals surface area contributed by atoms with Crippen LogP contribution in [0.2, 0.25) is 0 Å². The highest BCUT2D eigenvalue weighted by atomic mass is 16.5. The number of fused-ring (bicyclic) bond motifs is 1. The summed E-state index contributed by atoms with van der Waals surface area (Å²) >= 11 is 0. The second kappa shape index (κ2) is 5.67. The van der Waals surface area contributed by atoms with Crippen LogP contribution in [0.1, 0.15) is 24.8 Å². The van der Waals surface area contributed by atoms with E-state index in [9.17, 15) is 4.79 Å². The van der Waals surface area contributed by atoms with E-state index in [0.717, 1.165) is 17.5 Å². The van der Waals surface area contributed by atoms with E-state index in [1.54, 1.807) is 24.1 Å². The standard InChI is InChI=1S/C16H19NO3/c1-19-13-5-6-14-12(9-16(18)20-15(14)10-13)11-17-7-3-2-4-8-17/h5-6,9-10H,2-4,7-8,11H2,1H3/p+1. The first-order valence-corrected chi connectivity index (χ1v) is 7.20. The molecule has 106 valence electrons. The number of likely N-dealkylation sites (tertiary alicyclic amines) is 1. The Morgan fingerprint density at radius 1 is 1.20 bits per heavy atom. The summed E-state index contributed by atoms with van der Waals surface area (Å²) in [4.78, 5) is 13.3. The number of quaternary nitrogens is 1. The summed E-state index contributed by atoms with van der Waals surface area (Å²) in [6.07, 6.45) is 3.89. The second-order valence-electron chi connectivity index (χ2n) is 5.44. The van der Waals surface area contributed by atoms with E-state index in [2.05, 4.69) is 0 Å².